The third-order valence-electron chi connectivity index (χ3n) is 18.1. The van der Waals surface area contributed by atoms with Crippen LogP contribution in [0.3, 0.4) is 0 Å². The van der Waals surface area contributed by atoms with Crippen LogP contribution in [0.1, 0.15) is 135 Å². The van der Waals surface area contributed by atoms with Gasteiger partial charge in [0.25, 0.3) is 0 Å². The predicted octanol–water partition coefficient (Wildman–Crippen LogP) is 24.8. The molecule has 11 aromatic carbocycles. The van der Waals surface area contributed by atoms with Gasteiger partial charge in [0.15, 0.2) is 0 Å². The predicted molar refractivity (Wildman–Crippen MR) is 375 cm³/mol. The van der Waals surface area contributed by atoms with Gasteiger partial charge in [-0.1, -0.05) is 315 Å². The molecule has 0 aliphatic heterocycles. The number of hydrogen-bond donors (Lipinski definition) is 0. The lowest BCUT2D eigenvalue weighted by Gasteiger charge is -2.23. The fraction of sp³-hybridized carbons (Fsp3) is 0.209. The van der Waals surface area contributed by atoms with Crippen molar-refractivity contribution < 1.29 is 0 Å². The van der Waals surface area contributed by atoms with Gasteiger partial charge >= 0.3 is 0 Å². The molecule has 0 aromatic heterocycles. The average molecular weight is 1120 g/mol. The maximum Gasteiger partial charge on any atom is -0.000666 e. The quantitative estimate of drug-likeness (QED) is 0.121. The molecule has 0 fully saturated rings. The Morgan fingerprint density at radius 3 is 1.03 bits per heavy atom. The van der Waals surface area contributed by atoms with Gasteiger partial charge in [0, 0.05) is 0 Å². The van der Waals surface area contributed by atoms with Crippen LogP contribution >= 0.6 is 0 Å². The van der Waals surface area contributed by atoms with Crippen molar-refractivity contribution in [2.24, 2.45) is 0 Å². The van der Waals surface area contributed by atoms with Crippen LogP contribution in [0.2, 0.25) is 0 Å². The molecule has 0 spiro atoms. The summed E-state index contributed by atoms with van der Waals surface area (Å²) in [5.41, 5.74) is 31.0. The van der Waals surface area contributed by atoms with Gasteiger partial charge in [0.05, 0.1) is 0 Å². The minimum atomic E-state index is 0.0582. The lowest BCUT2D eigenvalue weighted by atomic mass is 9.80. The molecule has 1 aliphatic rings. The molecular weight excluding hydrogens is 1030 g/mol. The lowest BCUT2D eigenvalue weighted by Crippen LogP contribution is -2.10. The van der Waals surface area contributed by atoms with Crippen molar-refractivity contribution in [1.29, 1.82) is 0 Å². The van der Waals surface area contributed by atoms with Gasteiger partial charge < -0.3 is 0 Å². The molecule has 1 atom stereocenters. The third kappa shape index (κ3) is 11.1. The number of hydrogen-bond acceptors (Lipinski definition) is 0. The van der Waals surface area contributed by atoms with Gasteiger partial charge in [-0.25, -0.2) is 0 Å². The molecule has 0 heteroatoms. The van der Waals surface area contributed by atoms with Crippen molar-refractivity contribution in [2.75, 3.05) is 0 Å². The molecular formula is C86H82. The van der Waals surface area contributed by atoms with Crippen molar-refractivity contribution in [3.63, 3.8) is 0 Å². The van der Waals surface area contributed by atoms with Crippen molar-refractivity contribution in [1.82, 2.24) is 0 Å². The normalized spacial score (nSPS) is 12.9. The van der Waals surface area contributed by atoms with E-state index in [1.807, 2.05) is 0 Å². The first-order chi connectivity index (χ1) is 41.0. The van der Waals surface area contributed by atoms with E-state index in [0.717, 1.165) is 5.56 Å². The lowest BCUT2D eigenvalue weighted by molar-refractivity contribution is 0.590. The second-order valence-corrected chi connectivity index (χ2v) is 28.3. The maximum absolute atomic E-state index is 4.67. The first-order valence-corrected chi connectivity index (χ1v) is 31.0. The van der Waals surface area contributed by atoms with Gasteiger partial charge in [-0.15, -0.1) is 0 Å². The smallest absolute Gasteiger partial charge is 0.000666 e. The summed E-state index contributed by atoms with van der Waals surface area (Å²) in [4.78, 5) is 0. The number of fused-ring (bicyclic) bond motifs is 3. The summed E-state index contributed by atoms with van der Waals surface area (Å²) in [6, 6.07) is 85.3. The summed E-state index contributed by atoms with van der Waals surface area (Å²) in [6.45, 7) is 34.5. The minimum Gasteiger partial charge on any atom is -0.0984 e. The second-order valence-electron chi connectivity index (χ2n) is 28.3. The number of allylic oxidation sites excluding steroid dienone is 1. The summed E-state index contributed by atoms with van der Waals surface area (Å²) in [7, 11) is 0. The van der Waals surface area contributed by atoms with E-state index in [9.17, 15) is 0 Å². The number of rotatable bonds is 11. The fourth-order valence-electron chi connectivity index (χ4n) is 13.0. The highest BCUT2D eigenvalue weighted by atomic mass is 14.4. The summed E-state index contributed by atoms with van der Waals surface area (Å²) in [5.74, 6) is 0.0582. The minimum absolute atomic E-state index is 0.0582. The van der Waals surface area contributed by atoms with Crippen LogP contribution in [0, 0.1) is 0 Å². The summed E-state index contributed by atoms with van der Waals surface area (Å²) >= 11 is 0. The van der Waals surface area contributed by atoms with E-state index in [1.165, 1.54) is 144 Å². The van der Waals surface area contributed by atoms with E-state index in [0.29, 0.717) is 0 Å². The fourth-order valence-corrected chi connectivity index (χ4v) is 13.0. The van der Waals surface area contributed by atoms with Crippen LogP contribution in [0.25, 0.3) is 123 Å². The van der Waals surface area contributed by atoms with Crippen LogP contribution in [0.15, 0.2) is 237 Å². The third-order valence-corrected chi connectivity index (χ3v) is 18.1. The van der Waals surface area contributed by atoms with E-state index in [1.54, 1.807) is 0 Å². The summed E-state index contributed by atoms with van der Waals surface area (Å²) < 4.78 is 0. The second kappa shape index (κ2) is 22.2. The van der Waals surface area contributed by atoms with E-state index in [-0.39, 0.29) is 27.6 Å². The molecule has 0 heterocycles. The molecule has 0 radical (unpaired) electrons. The monoisotopic (exact) mass is 1110 g/mol. The van der Waals surface area contributed by atoms with Crippen LogP contribution in [0.5, 0.6) is 0 Å². The summed E-state index contributed by atoms with van der Waals surface area (Å²) in [6.07, 6.45) is 6.97. The van der Waals surface area contributed by atoms with Gasteiger partial charge in [0.2, 0.25) is 0 Å². The molecule has 0 bridgehead atoms. The first-order valence-electron chi connectivity index (χ1n) is 31.0. The topological polar surface area (TPSA) is 0 Å². The zero-order chi connectivity index (χ0) is 60.5. The van der Waals surface area contributed by atoms with Crippen molar-refractivity contribution in [3.8, 4) is 100 Å². The van der Waals surface area contributed by atoms with Crippen LogP contribution < -0.4 is 0 Å². The van der Waals surface area contributed by atoms with Crippen LogP contribution in [-0.2, 0) is 21.7 Å². The van der Waals surface area contributed by atoms with Crippen LogP contribution in [0.4, 0.5) is 0 Å². The van der Waals surface area contributed by atoms with Crippen molar-refractivity contribution in [2.45, 2.75) is 118 Å². The Morgan fingerprint density at radius 2 is 0.651 bits per heavy atom. The number of benzene rings is 11. The maximum atomic E-state index is 4.67. The van der Waals surface area contributed by atoms with Gasteiger partial charge in [0.1, 0.15) is 0 Å². The molecule has 11 aromatic rings. The average Bonchev–Trinajstić information content (AvgIpc) is 1.55. The van der Waals surface area contributed by atoms with Crippen molar-refractivity contribution in [3.05, 3.63) is 276 Å². The van der Waals surface area contributed by atoms with Gasteiger partial charge in [-0.2, -0.15) is 0 Å². The molecule has 0 amide bonds. The molecule has 0 nitrogen and oxygen atoms in total. The first kappa shape index (κ1) is 57.6. The molecule has 0 saturated heterocycles. The Hall–Kier alpha value is -8.84. The van der Waals surface area contributed by atoms with Crippen molar-refractivity contribution >= 4 is 22.9 Å². The zero-order valence-corrected chi connectivity index (χ0v) is 52.9. The molecule has 12 rings (SSSR count). The molecule has 0 N–H and O–H groups in total. The Kier molecular flexibility index (Phi) is 14.9. The van der Waals surface area contributed by atoms with Gasteiger partial charge in [-0.05, 0) is 202 Å². The SMILES string of the molecule is C=Cc1c(/C=C\C(C)c2cc(-c3ccc(C(C)(C)C)cc3)cc(-c3ccc(C(C)(C)C)cc3)c2)c(-c2ccccc2)c2c(c1-c1ccccc1)-c1ccc(-c3cc(-c4ccc(C(C)(C)C)cc4)cc(-c4ccc(C(C)(C)C)cc4)c3)c3cccc-2c13. The molecule has 426 valence electrons. The Morgan fingerprint density at radius 1 is 0.302 bits per heavy atom. The highest BCUT2D eigenvalue weighted by Crippen LogP contribution is 2.59. The highest BCUT2D eigenvalue weighted by Gasteiger charge is 2.33. The van der Waals surface area contributed by atoms with Gasteiger partial charge in [-0.3, -0.25) is 0 Å². The Bertz CT molecular complexity index is 4210. The standard InChI is InChI=1S/C86H82/c1-15-72-75(46-29-55(2)62-49-63(56-30-38-68(39-31-56)83(3,4)5)51-64(50-62)57-32-40-69(41-33-57)84(6,7)8)79(61-25-20-17-21-26-61)81-76-28-22-27-74-73(47-48-77(80(74)76)82(81)78(72)60-23-18-16-19-24-60)67-53-65(58-34-42-70(43-35-58)85(9,10)11)52-66(54-67)59-36-44-71(45-37-59)86(12,13)14/h15-55H,1H2,2-14H3/b46-29-. The molecule has 86 heavy (non-hydrogen) atoms. The molecule has 1 aliphatic carbocycles. The van der Waals surface area contributed by atoms with E-state index in [2.05, 4.69) is 339 Å². The molecule has 1 unspecified atom stereocenters. The molecule has 0 saturated carbocycles. The Balaban J connectivity index is 1.05. The largest absolute Gasteiger partial charge is 0.0984 e. The summed E-state index contributed by atoms with van der Waals surface area (Å²) in [5, 5.41) is 2.52. The van der Waals surface area contributed by atoms with E-state index in [4.69, 9.17) is 0 Å². The van der Waals surface area contributed by atoms with E-state index < -0.39 is 0 Å². The zero-order valence-electron chi connectivity index (χ0n) is 52.9. The van der Waals surface area contributed by atoms with E-state index >= 15 is 0 Å². The van der Waals surface area contributed by atoms with Crippen LogP contribution in [-0.4, -0.2) is 0 Å². The Labute approximate surface area is 513 Å². The highest BCUT2D eigenvalue weighted by molar-refractivity contribution is 6.25.